The summed E-state index contributed by atoms with van der Waals surface area (Å²) < 4.78 is 0. The van der Waals surface area contributed by atoms with Crippen molar-refractivity contribution in [3.05, 3.63) is 53.1 Å². The van der Waals surface area contributed by atoms with Gasteiger partial charge in [-0.3, -0.25) is 0 Å². The lowest BCUT2D eigenvalue weighted by Crippen LogP contribution is -2.11. The molecule has 19 heavy (non-hydrogen) atoms. The Hall–Kier alpha value is -1.47. The van der Waals surface area contributed by atoms with Gasteiger partial charge in [0, 0.05) is 8.41 Å². The fraction of sp³-hybridized carbons (Fsp3) is 0.278. The summed E-state index contributed by atoms with van der Waals surface area (Å²) in [4.78, 5) is 0. The quantitative estimate of drug-likeness (QED) is 0.677. The SMILES string of the molecule is CCCC1=Cc2c(ccc3ccccc23)C1=[Si](C)C. The Kier molecular flexibility index (Phi) is 3.24. The zero-order valence-electron chi connectivity index (χ0n) is 12.0. The summed E-state index contributed by atoms with van der Waals surface area (Å²) in [5.41, 5.74) is 4.55. The van der Waals surface area contributed by atoms with Crippen LogP contribution in [0.5, 0.6) is 0 Å². The molecule has 0 aliphatic heterocycles. The summed E-state index contributed by atoms with van der Waals surface area (Å²) in [6.07, 6.45) is 4.90. The Labute approximate surface area is 117 Å². The van der Waals surface area contributed by atoms with Gasteiger partial charge in [0.05, 0.1) is 0 Å². The van der Waals surface area contributed by atoms with Crippen LogP contribution in [0, 0.1) is 0 Å². The van der Waals surface area contributed by atoms with Gasteiger partial charge in [-0.15, -0.1) is 0 Å². The van der Waals surface area contributed by atoms with Gasteiger partial charge in [-0.05, 0) is 39.1 Å². The summed E-state index contributed by atoms with van der Waals surface area (Å²) in [6.45, 7) is 7.10. The van der Waals surface area contributed by atoms with Gasteiger partial charge >= 0.3 is 0 Å². The fourth-order valence-corrected chi connectivity index (χ4v) is 4.74. The van der Waals surface area contributed by atoms with Crippen LogP contribution in [0.2, 0.25) is 13.1 Å². The van der Waals surface area contributed by atoms with E-state index in [9.17, 15) is 0 Å². The molecule has 0 N–H and O–H groups in total. The Bertz CT molecular complexity index is 701. The molecule has 0 heterocycles. The third kappa shape index (κ3) is 2.02. The highest BCUT2D eigenvalue weighted by molar-refractivity contribution is 6.75. The van der Waals surface area contributed by atoms with Crippen LogP contribution < -0.4 is 0 Å². The summed E-state index contributed by atoms with van der Waals surface area (Å²) in [6, 6.07) is 13.4. The van der Waals surface area contributed by atoms with Crippen molar-refractivity contribution in [3.8, 4) is 0 Å². The van der Waals surface area contributed by atoms with Crippen LogP contribution in [0.25, 0.3) is 16.8 Å². The van der Waals surface area contributed by atoms with Gasteiger partial charge in [0.15, 0.2) is 0 Å². The normalized spacial score (nSPS) is 13.6. The molecule has 96 valence electrons. The average molecular weight is 264 g/mol. The Morgan fingerprint density at radius 2 is 1.79 bits per heavy atom. The van der Waals surface area contributed by atoms with Crippen molar-refractivity contribution in [2.45, 2.75) is 32.9 Å². The van der Waals surface area contributed by atoms with Crippen molar-refractivity contribution in [2.75, 3.05) is 0 Å². The maximum atomic E-state index is 2.45. The monoisotopic (exact) mass is 264 g/mol. The molecule has 0 atom stereocenters. The lowest BCUT2D eigenvalue weighted by molar-refractivity contribution is 0.944. The van der Waals surface area contributed by atoms with Gasteiger partial charge in [-0.1, -0.05) is 68.9 Å². The van der Waals surface area contributed by atoms with Gasteiger partial charge < -0.3 is 0 Å². The first kappa shape index (κ1) is 12.6. The summed E-state index contributed by atoms with van der Waals surface area (Å²) in [5, 5.41) is 4.43. The van der Waals surface area contributed by atoms with Crippen LogP contribution in [0.1, 0.15) is 30.9 Å². The van der Waals surface area contributed by atoms with Crippen LogP contribution in [0.3, 0.4) is 0 Å². The van der Waals surface area contributed by atoms with Crippen LogP contribution in [-0.4, -0.2) is 13.6 Å². The van der Waals surface area contributed by atoms with E-state index in [1.54, 1.807) is 10.7 Å². The minimum atomic E-state index is -0.414. The zero-order chi connectivity index (χ0) is 13.4. The maximum Gasteiger partial charge on any atom is 0.0140 e. The van der Waals surface area contributed by atoms with E-state index in [1.165, 1.54) is 34.7 Å². The van der Waals surface area contributed by atoms with Crippen molar-refractivity contribution in [2.24, 2.45) is 0 Å². The van der Waals surface area contributed by atoms with E-state index in [0.717, 1.165) is 0 Å². The minimum absolute atomic E-state index is 0.414. The van der Waals surface area contributed by atoms with E-state index in [2.05, 4.69) is 62.5 Å². The molecule has 2 aromatic rings. The highest BCUT2D eigenvalue weighted by Crippen LogP contribution is 2.33. The van der Waals surface area contributed by atoms with Crippen molar-refractivity contribution >= 4 is 30.4 Å². The lowest BCUT2D eigenvalue weighted by atomic mass is 10.0. The van der Waals surface area contributed by atoms with Crippen molar-refractivity contribution in [1.82, 2.24) is 0 Å². The van der Waals surface area contributed by atoms with Gasteiger partial charge in [-0.2, -0.15) is 0 Å². The van der Waals surface area contributed by atoms with Gasteiger partial charge in [-0.25, -0.2) is 0 Å². The highest BCUT2D eigenvalue weighted by Gasteiger charge is 2.20. The molecule has 2 aromatic carbocycles. The molecule has 0 saturated heterocycles. The second kappa shape index (κ2) is 4.90. The van der Waals surface area contributed by atoms with Crippen LogP contribution in [0.15, 0.2) is 42.0 Å². The number of benzene rings is 2. The summed E-state index contributed by atoms with van der Waals surface area (Å²) in [5.74, 6) is 0. The Balaban J connectivity index is 2.31. The molecule has 0 amide bonds. The van der Waals surface area contributed by atoms with Crippen molar-refractivity contribution in [1.29, 1.82) is 0 Å². The van der Waals surface area contributed by atoms with Crippen molar-refractivity contribution < 1.29 is 0 Å². The molecule has 1 aliphatic carbocycles. The second-order valence-corrected chi connectivity index (χ2v) is 8.04. The standard InChI is InChI=1S/C18H20Si/c1-4-7-14-12-17-15-9-6-5-8-13(15)10-11-16(17)18(14)19(2)3/h5-6,8-12H,4,7H2,1-3H3. The zero-order valence-corrected chi connectivity index (χ0v) is 13.0. The van der Waals surface area contributed by atoms with Gasteiger partial charge in [0.1, 0.15) is 0 Å². The van der Waals surface area contributed by atoms with E-state index in [1.807, 2.05) is 0 Å². The molecule has 0 unspecified atom stereocenters. The molecule has 0 bridgehead atoms. The number of hydrogen-bond donors (Lipinski definition) is 0. The average Bonchev–Trinajstić information content (AvgIpc) is 2.77. The lowest BCUT2D eigenvalue weighted by Gasteiger charge is -2.10. The highest BCUT2D eigenvalue weighted by atomic mass is 28.2. The Morgan fingerprint density at radius 3 is 2.53 bits per heavy atom. The molecule has 0 radical (unpaired) electrons. The summed E-state index contributed by atoms with van der Waals surface area (Å²) in [7, 11) is -0.414. The first-order valence-electron chi connectivity index (χ1n) is 7.13. The van der Waals surface area contributed by atoms with Gasteiger partial charge in [0.25, 0.3) is 0 Å². The largest absolute Gasteiger partial charge is 0.0651 e. The first-order valence-corrected chi connectivity index (χ1v) is 9.63. The van der Waals surface area contributed by atoms with Crippen LogP contribution in [-0.2, 0) is 0 Å². The molecule has 0 saturated carbocycles. The van der Waals surface area contributed by atoms with E-state index in [0.29, 0.717) is 0 Å². The van der Waals surface area contributed by atoms with Crippen LogP contribution in [0.4, 0.5) is 0 Å². The fourth-order valence-electron chi connectivity index (χ4n) is 3.15. The van der Waals surface area contributed by atoms with E-state index in [4.69, 9.17) is 0 Å². The molecule has 0 spiro atoms. The third-order valence-corrected chi connectivity index (χ3v) is 5.49. The van der Waals surface area contributed by atoms with Crippen molar-refractivity contribution in [3.63, 3.8) is 0 Å². The predicted molar refractivity (Wildman–Crippen MR) is 88.4 cm³/mol. The second-order valence-electron chi connectivity index (χ2n) is 5.54. The van der Waals surface area contributed by atoms with E-state index >= 15 is 0 Å². The third-order valence-electron chi connectivity index (χ3n) is 3.90. The first-order chi connectivity index (χ1) is 9.22. The number of fused-ring (bicyclic) bond motifs is 3. The molecule has 3 rings (SSSR count). The Morgan fingerprint density at radius 1 is 1.00 bits per heavy atom. The molecule has 0 nitrogen and oxygen atoms in total. The number of allylic oxidation sites excluding steroid dienone is 1. The number of rotatable bonds is 2. The van der Waals surface area contributed by atoms with E-state index in [-0.39, 0.29) is 0 Å². The smallest absolute Gasteiger partial charge is 0.0140 e. The molecular formula is C18H20Si. The van der Waals surface area contributed by atoms with Crippen LogP contribution >= 0.6 is 0 Å². The van der Waals surface area contributed by atoms with Gasteiger partial charge in [0.2, 0.25) is 0 Å². The molecule has 1 heteroatoms. The van der Waals surface area contributed by atoms with E-state index < -0.39 is 8.41 Å². The predicted octanol–water partition coefficient (Wildman–Crippen LogP) is 4.89. The summed E-state index contributed by atoms with van der Waals surface area (Å²) >= 11 is 0. The molecule has 0 fully saturated rings. The molecular weight excluding hydrogens is 244 g/mol. The maximum absolute atomic E-state index is 2.45. The number of hydrogen-bond acceptors (Lipinski definition) is 0. The minimum Gasteiger partial charge on any atom is -0.0651 e. The molecule has 1 aliphatic rings. The molecule has 0 aromatic heterocycles. The topological polar surface area (TPSA) is 0 Å².